The summed E-state index contributed by atoms with van der Waals surface area (Å²) in [4.78, 5) is 37.7. The lowest BCUT2D eigenvalue weighted by Crippen LogP contribution is -2.35. The zero-order valence-corrected chi connectivity index (χ0v) is 28.2. The van der Waals surface area contributed by atoms with E-state index in [2.05, 4.69) is 36.4 Å². The third-order valence-electron chi connectivity index (χ3n) is 8.39. The lowest BCUT2D eigenvalue weighted by atomic mass is 9.93. The van der Waals surface area contributed by atoms with E-state index in [9.17, 15) is 19.0 Å². The Kier molecular flexibility index (Phi) is 11.3. The second-order valence-electron chi connectivity index (χ2n) is 11.8. The number of fused-ring (bicyclic) bond motifs is 1. The maximum Gasteiger partial charge on any atom is 0.329 e. The molecule has 0 spiro atoms. The minimum absolute atomic E-state index is 0.0336. The maximum absolute atomic E-state index is 13.3. The number of amides is 2. The molecule has 0 aliphatic carbocycles. The number of nitrogens with one attached hydrogen (secondary N) is 1. The Morgan fingerprint density at radius 3 is 2.72 bits per heavy atom. The minimum atomic E-state index is -3.70. The van der Waals surface area contributed by atoms with Crippen molar-refractivity contribution in [3.8, 4) is 16.9 Å². The van der Waals surface area contributed by atoms with Gasteiger partial charge in [-0.2, -0.15) is 5.10 Å². The predicted octanol–water partition coefficient (Wildman–Crippen LogP) is 6.31. The molecule has 4 aromatic rings. The number of rotatable bonds is 14. The van der Waals surface area contributed by atoms with Crippen LogP contribution in [0.25, 0.3) is 11.1 Å². The van der Waals surface area contributed by atoms with Gasteiger partial charge in [-0.05, 0) is 92.1 Å². The lowest BCUT2D eigenvalue weighted by molar-refractivity contribution is -0.118. The van der Waals surface area contributed by atoms with Crippen molar-refractivity contribution in [2.45, 2.75) is 53.0 Å². The molecule has 11 heteroatoms. The summed E-state index contributed by atoms with van der Waals surface area (Å²) in [7, 11) is -3.70. The Balaban J connectivity index is 1.20. The summed E-state index contributed by atoms with van der Waals surface area (Å²) in [5.41, 5.74) is 7.80. The van der Waals surface area contributed by atoms with Crippen molar-refractivity contribution in [3.63, 3.8) is 0 Å². The first-order valence-electron chi connectivity index (χ1n) is 16.1. The topological polar surface area (TPSA) is 123 Å². The molecule has 10 nitrogen and oxygen atoms in total. The van der Waals surface area contributed by atoms with Gasteiger partial charge >= 0.3 is 7.60 Å². The molecule has 2 N–H and O–H groups in total. The summed E-state index contributed by atoms with van der Waals surface area (Å²) in [6.07, 6.45) is 6.50. The van der Waals surface area contributed by atoms with Crippen LogP contribution in [-0.4, -0.2) is 59.0 Å². The van der Waals surface area contributed by atoms with Crippen molar-refractivity contribution in [3.05, 3.63) is 101 Å². The number of aromatic nitrogens is 2. The highest BCUT2D eigenvalue weighted by Gasteiger charge is 2.25. The number of carbonyl (C=O) groups is 2. The highest BCUT2D eigenvalue weighted by molar-refractivity contribution is 7.52. The summed E-state index contributed by atoms with van der Waals surface area (Å²) in [6, 6.07) is 19.3. The largest absolute Gasteiger partial charge is 0.493 e. The van der Waals surface area contributed by atoms with Crippen LogP contribution in [0.5, 0.6) is 5.75 Å². The molecule has 2 amide bonds. The molecule has 2 heterocycles. The first kappa shape index (κ1) is 34.1. The molecule has 0 saturated carbocycles. The number of ether oxygens (including phenoxy) is 1. The molecule has 1 atom stereocenters. The number of aryl methyl sites for hydroxylation is 1. The molecule has 3 aromatic carbocycles. The highest BCUT2D eigenvalue weighted by Crippen LogP contribution is 2.40. The molecule has 1 aliphatic heterocycles. The lowest BCUT2D eigenvalue weighted by Gasteiger charge is -2.31. The SMILES string of the molecule is CCOP(=O)(O)CCNC(=O)c1cccc(Cn2cc(-c3cccc4c3CCCN4C(=O)CCCOc3cccc(C)c3C)cn2)c1. The maximum atomic E-state index is 13.3. The molecule has 0 fully saturated rings. The highest BCUT2D eigenvalue weighted by atomic mass is 31.2. The second-order valence-corrected chi connectivity index (χ2v) is 13.7. The molecule has 0 bridgehead atoms. The molecule has 1 unspecified atom stereocenters. The predicted molar refractivity (Wildman–Crippen MR) is 183 cm³/mol. The Morgan fingerprint density at radius 2 is 1.89 bits per heavy atom. The van der Waals surface area contributed by atoms with E-state index in [1.165, 1.54) is 5.56 Å². The third kappa shape index (κ3) is 8.77. The summed E-state index contributed by atoms with van der Waals surface area (Å²) < 4.78 is 24.5. The molecule has 0 saturated heterocycles. The zero-order chi connectivity index (χ0) is 33.4. The fourth-order valence-electron chi connectivity index (χ4n) is 5.84. The fraction of sp³-hybridized carbons (Fsp3) is 0.361. The smallest absolute Gasteiger partial charge is 0.329 e. The normalized spacial score (nSPS) is 13.9. The van der Waals surface area contributed by atoms with Crippen molar-refractivity contribution in [1.29, 1.82) is 0 Å². The second kappa shape index (κ2) is 15.6. The molecule has 47 heavy (non-hydrogen) atoms. The van der Waals surface area contributed by atoms with Crippen LogP contribution in [0.2, 0.25) is 0 Å². The van der Waals surface area contributed by atoms with Gasteiger partial charge < -0.3 is 24.4 Å². The zero-order valence-electron chi connectivity index (χ0n) is 27.3. The van der Waals surface area contributed by atoms with E-state index in [-0.39, 0.29) is 31.1 Å². The Bertz CT molecular complexity index is 1770. The van der Waals surface area contributed by atoms with E-state index in [1.54, 1.807) is 25.1 Å². The molecule has 1 aromatic heterocycles. The Labute approximate surface area is 276 Å². The van der Waals surface area contributed by atoms with E-state index in [0.717, 1.165) is 52.1 Å². The van der Waals surface area contributed by atoms with Crippen LogP contribution in [0, 0.1) is 13.8 Å². The van der Waals surface area contributed by atoms with Crippen LogP contribution < -0.4 is 15.0 Å². The van der Waals surface area contributed by atoms with Crippen molar-refractivity contribution in [2.75, 3.05) is 37.4 Å². The van der Waals surface area contributed by atoms with Gasteiger partial charge in [-0.1, -0.05) is 36.4 Å². The molecule has 1 aliphatic rings. The molecular formula is C36H43N4O6P. The molecule has 248 valence electrons. The number of hydrogen-bond donors (Lipinski definition) is 2. The van der Waals surface area contributed by atoms with E-state index >= 15 is 0 Å². The number of nitrogens with zero attached hydrogens (tertiary/aromatic N) is 3. The monoisotopic (exact) mass is 658 g/mol. The van der Waals surface area contributed by atoms with Crippen LogP contribution in [0.1, 0.15) is 58.8 Å². The number of anilines is 1. The van der Waals surface area contributed by atoms with Crippen molar-refractivity contribution >= 4 is 25.1 Å². The average molecular weight is 659 g/mol. The van der Waals surface area contributed by atoms with Gasteiger partial charge in [-0.3, -0.25) is 18.8 Å². The van der Waals surface area contributed by atoms with Crippen LogP contribution in [0.3, 0.4) is 0 Å². The fourth-order valence-corrected chi connectivity index (χ4v) is 6.77. The van der Waals surface area contributed by atoms with Gasteiger partial charge in [-0.15, -0.1) is 0 Å². The van der Waals surface area contributed by atoms with Gasteiger partial charge in [0.15, 0.2) is 0 Å². The van der Waals surface area contributed by atoms with Gasteiger partial charge in [0.2, 0.25) is 5.91 Å². The van der Waals surface area contributed by atoms with E-state index in [0.29, 0.717) is 38.1 Å². The number of hydrogen-bond acceptors (Lipinski definition) is 6. The molecule has 0 radical (unpaired) electrons. The number of carbonyl (C=O) groups excluding carboxylic acids is 2. The van der Waals surface area contributed by atoms with Crippen LogP contribution in [-0.2, 0) is 26.8 Å². The van der Waals surface area contributed by atoms with Crippen LogP contribution in [0.15, 0.2) is 73.1 Å². The van der Waals surface area contributed by atoms with Gasteiger partial charge in [0.05, 0.1) is 32.1 Å². The summed E-state index contributed by atoms with van der Waals surface area (Å²) in [6.45, 7) is 7.58. The third-order valence-corrected chi connectivity index (χ3v) is 9.84. The van der Waals surface area contributed by atoms with Crippen LogP contribution in [0.4, 0.5) is 5.69 Å². The van der Waals surface area contributed by atoms with Crippen molar-refractivity contribution in [2.24, 2.45) is 0 Å². The summed E-state index contributed by atoms with van der Waals surface area (Å²) in [5, 5.41) is 7.28. The van der Waals surface area contributed by atoms with Crippen molar-refractivity contribution in [1.82, 2.24) is 15.1 Å². The van der Waals surface area contributed by atoms with Gasteiger partial charge in [0.1, 0.15) is 5.75 Å². The first-order chi connectivity index (χ1) is 22.6. The molecule has 5 rings (SSSR count). The first-order valence-corrected chi connectivity index (χ1v) is 17.9. The van der Waals surface area contributed by atoms with Gasteiger partial charge in [0, 0.05) is 42.5 Å². The molecular weight excluding hydrogens is 615 g/mol. The van der Waals surface area contributed by atoms with Crippen LogP contribution >= 0.6 is 7.60 Å². The van der Waals surface area contributed by atoms with E-state index in [4.69, 9.17) is 9.26 Å². The quantitative estimate of drug-likeness (QED) is 0.120. The van der Waals surface area contributed by atoms with Crippen molar-refractivity contribution < 1.29 is 28.3 Å². The summed E-state index contributed by atoms with van der Waals surface area (Å²) >= 11 is 0. The number of benzene rings is 3. The van der Waals surface area contributed by atoms with Gasteiger partial charge in [-0.25, -0.2) is 0 Å². The van der Waals surface area contributed by atoms with E-state index in [1.807, 2.05) is 52.3 Å². The summed E-state index contributed by atoms with van der Waals surface area (Å²) in [5.74, 6) is 0.649. The minimum Gasteiger partial charge on any atom is -0.493 e. The Morgan fingerprint density at radius 1 is 1.09 bits per heavy atom. The standard InChI is InChI=1S/C36H43N4O6P/c1-4-46-47(43,44)21-18-37-36(42)29-12-6-11-28(22-29)24-39-25-30(23-38-39)31-13-7-15-33-32(31)14-8-19-40(33)35(41)17-9-20-45-34-16-5-10-26(2)27(34)3/h5-7,10-13,15-16,22-23,25H,4,8-9,14,17-21,24H2,1-3H3,(H,37,42)(H,43,44). The average Bonchev–Trinajstić information content (AvgIpc) is 3.52. The van der Waals surface area contributed by atoms with E-state index < -0.39 is 7.60 Å². The Hall–Kier alpha value is -4.24. The van der Waals surface area contributed by atoms with Gasteiger partial charge in [0.25, 0.3) is 5.91 Å².